The molecule has 0 aromatic carbocycles. The highest BCUT2D eigenvalue weighted by atomic mass is 32.1. The molecule has 0 aliphatic carbocycles. The third-order valence-electron chi connectivity index (χ3n) is 4.25. The fourth-order valence-corrected chi connectivity index (χ4v) is 3.29. The fourth-order valence-electron chi connectivity index (χ4n) is 2.87. The van der Waals surface area contributed by atoms with Crippen LogP contribution in [0.25, 0.3) is 0 Å². The van der Waals surface area contributed by atoms with Crippen LogP contribution < -0.4 is 0 Å². The molecule has 5 atom stereocenters. The highest BCUT2D eigenvalue weighted by Gasteiger charge is 2.44. The van der Waals surface area contributed by atoms with E-state index in [1.807, 2.05) is 6.92 Å². The van der Waals surface area contributed by atoms with E-state index in [0.29, 0.717) is 6.61 Å². The summed E-state index contributed by atoms with van der Waals surface area (Å²) in [6.07, 6.45) is -4.25. The minimum absolute atomic E-state index is 0.0357. The number of aliphatic hydroxyl groups is 2. The molecule has 182 valence electrons. The second-order valence-corrected chi connectivity index (χ2v) is 9.96. The Balaban J connectivity index is 2.77. The summed E-state index contributed by atoms with van der Waals surface area (Å²) in [5.74, 6) is -2.64. The highest BCUT2D eigenvalue weighted by molar-refractivity contribution is 7.80. The lowest BCUT2D eigenvalue weighted by molar-refractivity contribution is -0.222. The van der Waals surface area contributed by atoms with Gasteiger partial charge in [-0.2, -0.15) is 0 Å². The first-order valence-electron chi connectivity index (χ1n) is 10.5. The molecule has 0 amide bonds. The molecule has 1 aliphatic rings. The van der Waals surface area contributed by atoms with E-state index < -0.39 is 58.9 Å². The van der Waals surface area contributed by atoms with Crippen molar-refractivity contribution < 1.29 is 43.5 Å². The van der Waals surface area contributed by atoms with Gasteiger partial charge in [0.25, 0.3) is 0 Å². The second kappa shape index (κ2) is 11.8. The van der Waals surface area contributed by atoms with Crippen LogP contribution in [0, 0.1) is 5.92 Å². The highest BCUT2D eigenvalue weighted by Crippen LogP contribution is 2.27. The molecule has 1 rings (SSSR count). The van der Waals surface area contributed by atoms with Gasteiger partial charge in [-0.15, -0.1) is 12.6 Å². The molecule has 1 saturated heterocycles. The first kappa shape index (κ1) is 28.1. The van der Waals surface area contributed by atoms with Crippen LogP contribution in [0.4, 0.5) is 0 Å². The zero-order chi connectivity index (χ0) is 24.0. The average Bonchev–Trinajstić information content (AvgIpc) is 2.59. The zero-order valence-electron chi connectivity index (χ0n) is 19.5. The minimum Gasteiger partial charge on any atom is -0.459 e. The summed E-state index contributed by atoms with van der Waals surface area (Å²) in [6, 6.07) is 0. The first-order valence-corrected chi connectivity index (χ1v) is 11.0. The Hall–Kier alpha value is -0.910. The van der Waals surface area contributed by atoms with Crippen molar-refractivity contribution in [2.24, 2.45) is 5.92 Å². The maximum absolute atomic E-state index is 12.6. The molecule has 0 aromatic heterocycles. The molecular weight excluding hydrogens is 428 g/mol. The summed E-state index contributed by atoms with van der Waals surface area (Å²) in [5, 5.41) is 20.7. The molecule has 1 fully saturated rings. The van der Waals surface area contributed by atoms with Gasteiger partial charge in [-0.05, 0) is 54.9 Å². The summed E-state index contributed by atoms with van der Waals surface area (Å²) in [7, 11) is 0. The Morgan fingerprint density at radius 3 is 1.97 bits per heavy atom. The van der Waals surface area contributed by atoms with Crippen LogP contribution in [0.3, 0.4) is 0 Å². The molecule has 9 nitrogen and oxygen atoms in total. The fraction of sp³-hybridized carbons (Fsp3) is 0.905. The maximum Gasteiger partial charge on any atom is 0.320 e. The van der Waals surface area contributed by atoms with Crippen molar-refractivity contribution in [2.45, 2.75) is 95.9 Å². The number of carbonyl (C=O) groups is 2. The van der Waals surface area contributed by atoms with Gasteiger partial charge in [-0.1, -0.05) is 0 Å². The quantitative estimate of drug-likeness (QED) is 0.263. The molecule has 10 heteroatoms. The lowest BCUT2D eigenvalue weighted by Gasteiger charge is -2.40. The molecule has 0 bridgehead atoms. The number of ether oxygens (including phenoxy) is 5. The Kier molecular flexibility index (Phi) is 10.7. The number of hydrogen-bond donors (Lipinski definition) is 3. The van der Waals surface area contributed by atoms with Gasteiger partial charge in [-0.3, -0.25) is 9.59 Å². The Morgan fingerprint density at radius 1 is 1.00 bits per heavy atom. The average molecular weight is 467 g/mol. The summed E-state index contributed by atoms with van der Waals surface area (Å²) in [6.45, 7) is 12.5. The van der Waals surface area contributed by atoms with Gasteiger partial charge >= 0.3 is 11.9 Å². The third kappa shape index (κ3) is 9.63. The summed E-state index contributed by atoms with van der Waals surface area (Å²) >= 11 is 4.30. The van der Waals surface area contributed by atoms with E-state index in [0.717, 1.165) is 0 Å². The molecule has 0 spiro atoms. The van der Waals surface area contributed by atoms with Gasteiger partial charge in [0.15, 0.2) is 5.92 Å². The number of aliphatic hydroxyl groups excluding tert-OH is 2. The summed E-state index contributed by atoms with van der Waals surface area (Å²) < 4.78 is 27.2. The van der Waals surface area contributed by atoms with Crippen LogP contribution in [-0.4, -0.2) is 83.0 Å². The van der Waals surface area contributed by atoms with Crippen molar-refractivity contribution in [1.29, 1.82) is 0 Å². The van der Waals surface area contributed by atoms with Crippen LogP contribution in [0.2, 0.25) is 0 Å². The lowest BCUT2D eigenvalue weighted by atomic mass is 10.00. The van der Waals surface area contributed by atoms with E-state index in [4.69, 9.17) is 23.7 Å². The molecule has 2 N–H and O–H groups in total. The van der Waals surface area contributed by atoms with E-state index in [9.17, 15) is 19.8 Å². The van der Waals surface area contributed by atoms with Gasteiger partial charge < -0.3 is 33.9 Å². The molecule has 0 aromatic rings. The SMILES string of the molecule is CCOC[C@H]1O[C@@H](S)[C@H](OCCC(C(=O)OC(C)(C)C)C(=O)OC(C)(C)C)[C@@H](O)[C@H]1O. The smallest absolute Gasteiger partial charge is 0.320 e. The monoisotopic (exact) mass is 466 g/mol. The Morgan fingerprint density at radius 2 is 1.52 bits per heavy atom. The predicted molar refractivity (Wildman–Crippen MR) is 116 cm³/mol. The van der Waals surface area contributed by atoms with Crippen LogP contribution in [0.1, 0.15) is 54.9 Å². The van der Waals surface area contributed by atoms with E-state index in [-0.39, 0.29) is 19.6 Å². The summed E-state index contributed by atoms with van der Waals surface area (Å²) in [4.78, 5) is 25.1. The topological polar surface area (TPSA) is 121 Å². The van der Waals surface area contributed by atoms with Gasteiger partial charge in [0.1, 0.15) is 41.1 Å². The largest absolute Gasteiger partial charge is 0.459 e. The van der Waals surface area contributed by atoms with Crippen molar-refractivity contribution in [2.75, 3.05) is 19.8 Å². The van der Waals surface area contributed by atoms with Gasteiger partial charge in [0.05, 0.1) is 6.61 Å². The van der Waals surface area contributed by atoms with Crippen LogP contribution in [0.5, 0.6) is 0 Å². The van der Waals surface area contributed by atoms with Gasteiger partial charge in [-0.25, -0.2) is 0 Å². The van der Waals surface area contributed by atoms with Crippen molar-refractivity contribution in [3.63, 3.8) is 0 Å². The van der Waals surface area contributed by atoms with Crippen molar-refractivity contribution >= 4 is 24.6 Å². The van der Waals surface area contributed by atoms with E-state index in [2.05, 4.69) is 12.6 Å². The molecule has 1 heterocycles. The van der Waals surface area contributed by atoms with Crippen molar-refractivity contribution in [1.82, 2.24) is 0 Å². The number of thiol groups is 1. The molecule has 1 aliphatic heterocycles. The van der Waals surface area contributed by atoms with Crippen LogP contribution in [0.15, 0.2) is 0 Å². The van der Waals surface area contributed by atoms with Crippen LogP contribution in [-0.2, 0) is 33.3 Å². The van der Waals surface area contributed by atoms with E-state index >= 15 is 0 Å². The summed E-state index contributed by atoms with van der Waals surface area (Å²) in [5.41, 5.74) is -2.38. The molecule has 0 radical (unpaired) electrons. The number of hydrogen-bond acceptors (Lipinski definition) is 10. The zero-order valence-corrected chi connectivity index (χ0v) is 20.4. The normalized spacial score (nSPS) is 27.3. The number of esters is 2. The predicted octanol–water partition coefficient (Wildman–Crippen LogP) is 1.47. The molecular formula is C21H38O9S. The van der Waals surface area contributed by atoms with E-state index in [1.165, 1.54) is 0 Å². The third-order valence-corrected chi connectivity index (χ3v) is 4.66. The number of rotatable bonds is 9. The Labute approximate surface area is 190 Å². The van der Waals surface area contributed by atoms with Crippen molar-refractivity contribution in [3.05, 3.63) is 0 Å². The molecule has 0 saturated carbocycles. The molecule has 31 heavy (non-hydrogen) atoms. The van der Waals surface area contributed by atoms with E-state index in [1.54, 1.807) is 41.5 Å². The van der Waals surface area contributed by atoms with Gasteiger partial charge in [0.2, 0.25) is 0 Å². The minimum atomic E-state index is -1.27. The molecule has 0 unspecified atom stereocenters. The number of carbonyl (C=O) groups excluding carboxylic acids is 2. The van der Waals surface area contributed by atoms with Crippen molar-refractivity contribution in [3.8, 4) is 0 Å². The lowest BCUT2D eigenvalue weighted by Crippen LogP contribution is -2.58. The van der Waals surface area contributed by atoms with Gasteiger partial charge in [0, 0.05) is 13.2 Å². The second-order valence-electron chi connectivity index (χ2n) is 9.45. The Bertz CT molecular complexity index is 556. The maximum atomic E-state index is 12.6. The standard InChI is InChI=1S/C21H38O9S/c1-8-26-11-13-14(22)15(23)16(19(31)28-13)27-10-9-12(17(24)29-20(2,3)4)18(25)30-21(5,6)7/h12-16,19,22-23,31H,8-11H2,1-7H3/t13-,14+,15+,16-,19+/m1/s1. The van der Waals surface area contributed by atoms with Crippen LogP contribution >= 0.6 is 12.6 Å². The first-order chi connectivity index (χ1) is 14.2.